The zero-order valence-corrected chi connectivity index (χ0v) is 8.66. The Morgan fingerprint density at radius 2 is 2.29 bits per heavy atom. The summed E-state index contributed by atoms with van der Waals surface area (Å²) in [6.07, 6.45) is 1.47. The molecular formula is C12H16O2. The Morgan fingerprint density at radius 3 is 3.00 bits per heavy atom. The van der Waals surface area contributed by atoms with E-state index < -0.39 is 0 Å². The van der Waals surface area contributed by atoms with Crippen LogP contribution in [0.15, 0.2) is 18.2 Å². The third-order valence-corrected chi connectivity index (χ3v) is 2.76. The molecule has 1 aliphatic heterocycles. The van der Waals surface area contributed by atoms with Gasteiger partial charge < -0.3 is 9.84 Å². The molecule has 0 aliphatic carbocycles. The minimum absolute atomic E-state index is 0.167. The van der Waals surface area contributed by atoms with Crippen LogP contribution in [0.1, 0.15) is 37.0 Å². The lowest BCUT2D eigenvalue weighted by molar-refractivity contribution is 0.0642. The van der Waals surface area contributed by atoms with Gasteiger partial charge in [0.2, 0.25) is 0 Å². The van der Waals surface area contributed by atoms with Gasteiger partial charge in [-0.3, -0.25) is 0 Å². The van der Waals surface area contributed by atoms with E-state index >= 15 is 0 Å². The van der Waals surface area contributed by atoms with E-state index in [0.717, 1.165) is 17.7 Å². The summed E-state index contributed by atoms with van der Waals surface area (Å²) < 4.78 is 5.75. The van der Waals surface area contributed by atoms with Crippen LogP contribution in [0, 0.1) is 6.92 Å². The average Bonchev–Trinajstić information content (AvgIpc) is 2.19. The summed E-state index contributed by atoms with van der Waals surface area (Å²) in [4.78, 5) is 0. The summed E-state index contributed by atoms with van der Waals surface area (Å²) in [5.74, 6) is 0.848. The van der Waals surface area contributed by atoms with Gasteiger partial charge in [0.05, 0.1) is 6.10 Å². The second kappa shape index (κ2) is 3.62. The third kappa shape index (κ3) is 1.62. The number of aliphatic hydroxyl groups is 1. The second-order valence-corrected chi connectivity index (χ2v) is 3.94. The molecule has 0 bridgehead atoms. The van der Waals surface area contributed by atoms with E-state index in [2.05, 4.69) is 6.92 Å². The van der Waals surface area contributed by atoms with E-state index in [9.17, 15) is 5.11 Å². The van der Waals surface area contributed by atoms with Crippen molar-refractivity contribution in [2.45, 2.75) is 38.9 Å². The molecule has 0 saturated carbocycles. The maximum Gasteiger partial charge on any atom is 0.125 e. The topological polar surface area (TPSA) is 29.5 Å². The zero-order chi connectivity index (χ0) is 10.1. The van der Waals surface area contributed by atoms with Crippen LogP contribution in [-0.2, 0) is 0 Å². The summed E-state index contributed by atoms with van der Waals surface area (Å²) in [6, 6.07) is 5.98. The Kier molecular flexibility index (Phi) is 2.46. The molecular weight excluding hydrogens is 176 g/mol. The molecule has 1 aliphatic rings. The van der Waals surface area contributed by atoms with Crippen LogP contribution < -0.4 is 4.74 Å². The van der Waals surface area contributed by atoms with E-state index in [1.165, 1.54) is 5.56 Å². The summed E-state index contributed by atoms with van der Waals surface area (Å²) in [7, 11) is 0. The fourth-order valence-electron chi connectivity index (χ4n) is 1.89. The van der Waals surface area contributed by atoms with Gasteiger partial charge in [0.25, 0.3) is 0 Å². The molecule has 14 heavy (non-hydrogen) atoms. The minimum Gasteiger partial charge on any atom is -0.490 e. The molecule has 1 aromatic rings. The fourth-order valence-corrected chi connectivity index (χ4v) is 1.89. The van der Waals surface area contributed by atoms with E-state index in [-0.39, 0.29) is 12.2 Å². The third-order valence-electron chi connectivity index (χ3n) is 2.76. The first-order chi connectivity index (χ1) is 6.70. The van der Waals surface area contributed by atoms with Crippen molar-refractivity contribution in [2.24, 2.45) is 0 Å². The number of benzene rings is 1. The number of fused-ring (bicyclic) bond motifs is 1. The summed E-state index contributed by atoms with van der Waals surface area (Å²) in [5.41, 5.74) is 2.11. The highest BCUT2D eigenvalue weighted by Crippen LogP contribution is 2.35. The molecule has 0 spiro atoms. The molecule has 0 amide bonds. The molecule has 0 radical (unpaired) electrons. The van der Waals surface area contributed by atoms with Crippen LogP contribution in [0.5, 0.6) is 5.75 Å². The first kappa shape index (κ1) is 9.53. The molecule has 1 aromatic carbocycles. The lowest BCUT2D eigenvalue weighted by Gasteiger charge is -2.29. The SMILES string of the molecule is CCC1C[C@@H](O)c2cc(C)ccc2O1. The van der Waals surface area contributed by atoms with Crippen molar-refractivity contribution in [2.75, 3.05) is 0 Å². The molecule has 0 aromatic heterocycles. The maximum atomic E-state index is 9.91. The number of aryl methyl sites for hydroxylation is 1. The predicted octanol–water partition coefficient (Wildman–Crippen LogP) is 2.59. The van der Waals surface area contributed by atoms with E-state index in [0.29, 0.717) is 6.42 Å². The molecule has 2 atom stereocenters. The number of ether oxygens (including phenoxy) is 1. The smallest absolute Gasteiger partial charge is 0.125 e. The summed E-state index contributed by atoms with van der Waals surface area (Å²) >= 11 is 0. The molecule has 0 saturated heterocycles. The first-order valence-corrected chi connectivity index (χ1v) is 5.16. The van der Waals surface area contributed by atoms with Gasteiger partial charge in [-0.1, -0.05) is 18.6 Å². The number of aliphatic hydroxyl groups excluding tert-OH is 1. The van der Waals surface area contributed by atoms with Crippen molar-refractivity contribution in [3.63, 3.8) is 0 Å². The van der Waals surface area contributed by atoms with Crippen molar-refractivity contribution < 1.29 is 9.84 Å². The molecule has 1 N–H and O–H groups in total. The van der Waals surface area contributed by atoms with Gasteiger partial charge in [-0.2, -0.15) is 0 Å². The monoisotopic (exact) mass is 192 g/mol. The molecule has 2 rings (SSSR count). The first-order valence-electron chi connectivity index (χ1n) is 5.16. The lowest BCUT2D eigenvalue weighted by atomic mass is 9.96. The highest BCUT2D eigenvalue weighted by Gasteiger charge is 2.25. The molecule has 1 heterocycles. The van der Waals surface area contributed by atoms with Gasteiger partial charge in [-0.15, -0.1) is 0 Å². The van der Waals surface area contributed by atoms with Crippen LogP contribution in [-0.4, -0.2) is 11.2 Å². The lowest BCUT2D eigenvalue weighted by Crippen LogP contribution is -2.24. The minimum atomic E-state index is -0.358. The highest BCUT2D eigenvalue weighted by molar-refractivity contribution is 5.39. The highest BCUT2D eigenvalue weighted by atomic mass is 16.5. The average molecular weight is 192 g/mol. The van der Waals surface area contributed by atoms with Gasteiger partial charge in [-0.05, 0) is 25.5 Å². The fraction of sp³-hybridized carbons (Fsp3) is 0.500. The van der Waals surface area contributed by atoms with Crippen LogP contribution in [0.25, 0.3) is 0 Å². The van der Waals surface area contributed by atoms with Crippen molar-refractivity contribution >= 4 is 0 Å². The second-order valence-electron chi connectivity index (χ2n) is 3.94. The molecule has 0 fully saturated rings. The van der Waals surface area contributed by atoms with Crippen molar-refractivity contribution in [1.29, 1.82) is 0 Å². The normalized spacial score (nSPS) is 25.4. The Morgan fingerprint density at radius 1 is 1.50 bits per heavy atom. The number of hydrogen-bond donors (Lipinski definition) is 1. The number of rotatable bonds is 1. The number of hydrogen-bond acceptors (Lipinski definition) is 2. The summed E-state index contributed by atoms with van der Waals surface area (Å²) in [5, 5.41) is 9.91. The molecule has 1 unspecified atom stereocenters. The zero-order valence-electron chi connectivity index (χ0n) is 8.66. The van der Waals surface area contributed by atoms with Crippen molar-refractivity contribution in [3.8, 4) is 5.75 Å². The Bertz CT molecular complexity index is 333. The maximum absolute atomic E-state index is 9.91. The van der Waals surface area contributed by atoms with Gasteiger partial charge in [-0.25, -0.2) is 0 Å². The van der Waals surface area contributed by atoms with Crippen LogP contribution >= 0.6 is 0 Å². The van der Waals surface area contributed by atoms with Crippen LogP contribution in [0.2, 0.25) is 0 Å². The largest absolute Gasteiger partial charge is 0.490 e. The Hall–Kier alpha value is -1.02. The van der Waals surface area contributed by atoms with Crippen LogP contribution in [0.3, 0.4) is 0 Å². The van der Waals surface area contributed by atoms with E-state index in [1.54, 1.807) is 0 Å². The van der Waals surface area contributed by atoms with Gasteiger partial charge in [0, 0.05) is 12.0 Å². The van der Waals surface area contributed by atoms with E-state index in [1.807, 2.05) is 25.1 Å². The van der Waals surface area contributed by atoms with Gasteiger partial charge in [0.1, 0.15) is 11.9 Å². The molecule has 2 nitrogen and oxygen atoms in total. The standard InChI is InChI=1S/C12H16O2/c1-3-9-7-11(13)10-6-8(2)4-5-12(10)14-9/h4-6,9,11,13H,3,7H2,1-2H3/t9?,11-/m1/s1. The molecule has 76 valence electrons. The van der Waals surface area contributed by atoms with Crippen molar-refractivity contribution in [3.05, 3.63) is 29.3 Å². The van der Waals surface area contributed by atoms with Gasteiger partial charge >= 0.3 is 0 Å². The quantitative estimate of drug-likeness (QED) is 0.741. The Balaban J connectivity index is 2.35. The van der Waals surface area contributed by atoms with Gasteiger partial charge in [0.15, 0.2) is 0 Å². The summed E-state index contributed by atoms with van der Waals surface area (Å²) in [6.45, 7) is 4.11. The van der Waals surface area contributed by atoms with Crippen LogP contribution in [0.4, 0.5) is 0 Å². The van der Waals surface area contributed by atoms with E-state index in [4.69, 9.17) is 4.74 Å². The predicted molar refractivity (Wildman–Crippen MR) is 55.5 cm³/mol. The molecule has 2 heteroatoms. The Labute approximate surface area is 84.5 Å². The van der Waals surface area contributed by atoms with Crippen molar-refractivity contribution in [1.82, 2.24) is 0 Å².